The molecule has 16 heavy (non-hydrogen) atoms. The second-order valence-electron chi connectivity index (χ2n) is 3.39. The van der Waals surface area contributed by atoms with Gasteiger partial charge in [-0.3, -0.25) is 9.78 Å². The van der Waals surface area contributed by atoms with E-state index in [0.717, 1.165) is 4.88 Å². The molecule has 2 aromatic rings. The summed E-state index contributed by atoms with van der Waals surface area (Å²) >= 11 is 1.49. The molecule has 0 radical (unpaired) electrons. The molecule has 0 fully saturated rings. The van der Waals surface area contributed by atoms with Crippen LogP contribution in [0.1, 0.15) is 15.2 Å². The van der Waals surface area contributed by atoms with Crippen molar-refractivity contribution in [3.63, 3.8) is 0 Å². The van der Waals surface area contributed by atoms with Crippen molar-refractivity contribution in [1.82, 2.24) is 9.55 Å². The Bertz CT molecular complexity index is 568. The molecule has 0 aliphatic heterocycles. The lowest BCUT2D eigenvalue weighted by molar-refractivity contribution is 0.0997. The van der Waals surface area contributed by atoms with E-state index in [4.69, 9.17) is 0 Å². The first-order valence-corrected chi connectivity index (χ1v) is 5.60. The summed E-state index contributed by atoms with van der Waals surface area (Å²) in [4.78, 5) is 21.5. The highest BCUT2D eigenvalue weighted by atomic mass is 32.1. The fourth-order valence-corrected chi connectivity index (χ4v) is 2.14. The van der Waals surface area contributed by atoms with E-state index in [-0.39, 0.29) is 5.91 Å². The van der Waals surface area contributed by atoms with Crippen molar-refractivity contribution in [2.24, 2.45) is 12.0 Å². The predicted molar refractivity (Wildman–Crippen MR) is 62.2 cm³/mol. The minimum absolute atomic E-state index is 0.259. The van der Waals surface area contributed by atoms with Crippen LogP contribution in [-0.2, 0) is 7.05 Å². The summed E-state index contributed by atoms with van der Waals surface area (Å²) in [7, 11) is 1.87. The fraction of sp³-hybridized carbons (Fsp3) is 0.182. The number of hydrogen-bond donors (Lipinski definition) is 0. The van der Waals surface area contributed by atoms with Gasteiger partial charge in [-0.05, 0) is 19.1 Å². The zero-order valence-corrected chi connectivity index (χ0v) is 9.86. The van der Waals surface area contributed by atoms with E-state index in [2.05, 4.69) is 9.98 Å². The maximum atomic E-state index is 11.8. The van der Waals surface area contributed by atoms with E-state index in [1.807, 2.05) is 24.7 Å². The fourth-order valence-electron chi connectivity index (χ4n) is 1.31. The average molecular weight is 233 g/mol. The molecule has 82 valence electrons. The lowest BCUT2D eigenvalue weighted by atomic mass is 10.3. The first kappa shape index (κ1) is 10.8. The quantitative estimate of drug-likeness (QED) is 0.750. The van der Waals surface area contributed by atoms with Crippen molar-refractivity contribution < 1.29 is 4.79 Å². The Hall–Kier alpha value is -1.75. The summed E-state index contributed by atoms with van der Waals surface area (Å²) in [6.07, 6.45) is 5.10. The largest absolute Gasteiger partial charge is 0.326 e. The highest BCUT2D eigenvalue weighted by Gasteiger charge is 2.03. The lowest BCUT2D eigenvalue weighted by Gasteiger charge is -1.92. The van der Waals surface area contributed by atoms with Crippen LogP contribution >= 0.6 is 11.3 Å². The summed E-state index contributed by atoms with van der Waals surface area (Å²) in [5.74, 6) is -0.259. The normalized spacial score (nSPS) is 11.8. The first-order valence-electron chi connectivity index (χ1n) is 4.79. The zero-order valence-electron chi connectivity index (χ0n) is 9.04. The summed E-state index contributed by atoms with van der Waals surface area (Å²) in [6.45, 7) is 1.98. The van der Waals surface area contributed by atoms with Crippen LogP contribution in [0.3, 0.4) is 0 Å². The van der Waals surface area contributed by atoms with E-state index in [9.17, 15) is 4.79 Å². The van der Waals surface area contributed by atoms with E-state index in [1.165, 1.54) is 17.5 Å². The van der Waals surface area contributed by atoms with Gasteiger partial charge in [0.2, 0.25) is 0 Å². The van der Waals surface area contributed by atoms with Crippen LogP contribution in [0.4, 0.5) is 0 Å². The van der Waals surface area contributed by atoms with Crippen LogP contribution in [0.15, 0.2) is 35.7 Å². The maximum Gasteiger partial charge on any atom is 0.281 e. The molecule has 0 aromatic carbocycles. The number of aromatic nitrogens is 2. The molecule has 0 aliphatic rings. The van der Waals surface area contributed by atoms with Crippen LogP contribution in [0, 0.1) is 6.92 Å². The van der Waals surface area contributed by atoms with E-state index < -0.39 is 0 Å². The number of carbonyl (C=O) groups is 1. The summed E-state index contributed by atoms with van der Waals surface area (Å²) < 4.78 is 1.84. The molecule has 0 N–H and O–H groups in total. The highest BCUT2D eigenvalue weighted by Crippen LogP contribution is 2.01. The number of aryl methyl sites for hydroxylation is 2. The minimum atomic E-state index is -0.259. The summed E-state index contributed by atoms with van der Waals surface area (Å²) in [6, 6.07) is 3.43. The van der Waals surface area contributed by atoms with Gasteiger partial charge in [0.05, 0.1) is 5.56 Å². The second-order valence-corrected chi connectivity index (χ2v) is 4.61. The van der Waals surface area contributed by atoms with Gasteiger partial charge in [-0.25, -0.2) is 0 Å². The molecule has 2 heterocycles. The van der Waals surface area contributed by atoms with Gasteiger partial charge in [-0.1, -0.05) is 0 Å². The van der Waals surface area contributed by atoms with Crippen molar-refractivity contribution in [2.75, 3.05) is 0 Å². The van der Waals surface area contributed by atoms with Gasteiger partial charge in [0.15, 0.2) is 4.80 Å². The second kappa shape index (κ2) is 4.40. The topological polar surface area (TPSA) is 47.2 Å². The molecule has 0 saturated heterocycles. The third-order valence-electron chi connectivity index (χ3n) is 2.04. The molecule has 0 aliphatic carbocycles. The Morgan fingerprint density at radius 3 is 2.94 bits per heavy atom. The van der Waals surface area contributed by atoms with E-state index in [0.29, 0.717) is 10.4 Å². The monoisotopic (exact) mass is 233 g/mol. The number of carbonyl (C=O) groups excluding carboxylic acids is 1. The highest BCUT2D eigenvalue weighted by molar-refractivity contribution is 7.09. The Morgan fingerprint density at radius 2 is 2.38 bits per heavy atom. The standard InChI is InChI=1S/C11H11N3OS/c1-8-7-14(2)11(16-8)13-10(15)9-4-3-5-12-6-9/h3-7H,1-2H3/b13-11-. The lowest BCUT2D eigenvalue weighted by Crippen LogP contribution is -2.12. The molecular formula is C11H11N3OS. The van der Waals surface area contributed by atoms with Gasteiger partial charge >= 0.3 is 0 Å². The Morgan fingerprint density at radius 1 is 1.56 bits per heavy atom. The molecule has 0 bridgehead atoms. The van der Waals surface area contributed by atoms with Crippen LogP contribution < -0.4 is 4.80 Å². The molecular weight excluding hydrogens is 222 g/mol. The van der Waals surface area contributed by atoms with Crippen molar-refractivity contribution in [1.29, 1.82) is 0 Å². The molecule has 0 saturated carbocycles. The van der Waals surface area contributed by atoms with Crippen molar-refractivity contribution >= 4 is 17.2 Å². The molecule has 4 nitrogen and oxygen atoms in total. The van der Waals surface area contributed by atoms with E-state index >= 15 is 0 Å². The third kappa shape index (κ3) is 2.25. The zero-order chi connectivity index (χ0) is 11.5. The van der Waals surface area contributed by atoms with Crippen LogP contribution in [-0.4, -0.2) is 15.5 Å². The Labute approximate surface area is 96.9 Å². The molecule has 1 amide bonds. The van der Waals surface area contributed by atoms with Crippen molar-refractivity contribution in [2.45, 2.75) is 6.92 Å². The van der Waals surface area contributed by atoms with Crippen LogP contribution in [0.5, 0.6) is 0 Å². The van der Waals surface area contributed by atoms with Crippen molar-refractivity contribution in [3.8, 4) is 0 Å². The number of nitrogens with zero attached hydrogens (tertiary/aromatic N) is 3. The number of thiazole rings is 1. The van der Waals surface area contributed by atoms with Crippen LogP contribution in [0.25, 0.3) is 0 Å². The van der Waals surface area contributed by atoms with Gasteiger partial charge in [-0.15, -0.1) is 11.3 Å². The van der Waals surface area contributed by atoms with E-state index in [1.54, 1.807) is 18.3 Å². The van der Waals surface area contributed by atoms with Gasteiger partial charge in [0, 0.05) is 30.5 Å². The number of amides is 1. The number of hydrogen-bond acceptors (Lipinski definition) is 3. The minimum Gasteiger partial charge on any atom is -0.326 e. The number of rotatable bonds is 1. The van der Waals surface area contributed by atoms with Crippen molar-refractivity contribution in [3.05, 3.63) is 46.0 Å². The van der Waals surface area contributed by atoms with Gasteiger partial charge < -0.3 is 4.57 Å². The SMILES string of the molecule is Cc1cn(C)/c(=N/C(=O)c2cccnc2)s1. The average Bonchev–Trinajstić information content (AvgIpc) is 2.59. The molecule has 0 spiro atoms. The predicted octanol–water partition coefficient (Wildman–Crippen LogP) is 1.53. The third-order valence-corrected chi connectivity index (χ3v) is 3.02. The molecule has 2 rings (SSSR count). The smallest absolute Gasteiger partial charge is 0.281 e. The Kier molecular flexibility index (Phi) is 2.96. The maximum absolute atomic E-state index is 11.8. The van der Waals surface area contributed by atoms with Crippen LogP contribution in [0.2, 0.25) is 0 Å². The Balaban J connectivity index is 2.39. The summed E-state index contributed by atoms with van der Waals surface area (Å²) in [5, 5.41) is 0. The van der Waals surface area contributed by atoms with Gasteiger partial charge in [0.25, 0.3) is 5.91 Å². The van der Waals surface area contributed by atoms with Gasteiger partial charge in [-0.2, -0.15) is 4.99 Å². The molecule has 5 heteroatoms. The van der Waals surface area contributed by atoms with Gasteiger partial charge in [0.1, 0.15) is 0 Å². The molecule has 2 aromatic heterocycles. The first-order chi connectivity index (χ1) is 7.66. The molecule has 0 unspecified atom stereocenters. The number of pyridine rings is 1. The molecule has 0 atom stereocenters. The summed E-state index contributed by atoms with van der Waals surface area (Å²) in [5.41, 5.74) is 0.508.